The first-order chi connectivity index (χ1) is 13.3. The van der Waals surface area contributed by atoms with Crippen molar-refractivity contribution in [3.05, 3.63) is 34.6 Å². The summed E-state index contributed by atoms with van der Waals surface area (Å²) >= 11 is 7.77. The molecule has 0 saturated heterocycles. The Morgan fingerprint density at radius 2 is 2.07 bits per heavy atom. The van der Waals surface area contributed by atoms with Gasteiger partial charge in [-0.3, -0.25) is 14.4 Å². The zero-order valence-corrected chi connectivity index (χ0v) is 18.3. The van der Waals surface area contributed by atoms with E-state index in [1.807, 2.05) is 21.0 Å². The van der Waals surface area contributed by atoms with Crippen LogP contribution >= 0.6 is 22.9 Å². The predicted octanol–water partition coefficient (Wildman–Crippen LogP) is 3.60. The maximum absolute atomic E-state index is 13.4. The number of hydrogen-bond donors (Lipinski definition) is 0. The Bertz CT molecular complexity index is 978. The van der Waals surface area contributed by atoms with Crippen LogP contribution in [0.1, 0.15) is 22.5 Å². The number of anilines is 1. The lowest BCUT2D eigenvalue weighted by molar-refractivity contribution is 0.0976. The van der Waals surface area contributed by atoms with Crippen LogP contribution in [-0.4, -0.2) is 59.9 Å². The number of aromatic nitrogens is 3. The highest BCUT2D eigenvalue weighted by Gasteiger charge is 2.26. The van der Waals surface area contributed by atoms with Crippen molar-refractivity contribution in [2.24, 2.45) is 7.05 Å². The highest BCUT2D eigenvalue weighted by molar-refractivity contribution is 7.23. The molecule has 2 heterocycles. The van der Waals surface area contributed by atoms with Crippen molar-refractivity contribution >= 4 is 44.2 Å². The minimum Gasteiger partial charge on any atom is -0.494 e. The van der Waals surface area contributed by atoms with E-state index in [0.717, 1.165) is 23.2 Å². The molecule has 1 amide bonds. The molecule has 0 aliphatic rings. The minimum atomic E-state index is -0.120. The lowest BCUT2D eigenvalue weighted by Crippen LogP contribution is -2.35. The number of methoxy groups -OCH3 is 1. The van der Waals surface area contributed by atoms with E-state index in [9.17, 15) is 4.79 Å². The lowest BCUT2D eigenvalue weighted by atomic mass is 10.2. The number of carbonyl (C=O) groups is 1. The fraction of sp³-hybridized carbons (Fsp3) is 0.421. The third-order valence-corrected chi connectivity index (χ3v) is 5.99. The molecular formula is C19H24ClN5O2S. The summed E-state index contributed by atoms with van der Waals surface area (Å²) in [5, 5.41) is 5.41. The van der Waals surface area contributed by atoms with Gasteiger partial charge in [0.2, 0.25) is 0 Å². The summed E-state index contributed by atoms with van der Waals surface area (Å²) in [5.74, 6) is 0.518. The van der Waals surface area contributed by atoms with Gasteiger partial charge < -0.3 is 9.64 Å². The quantitative estimate of drug-likeness (QED) is 0.583. The van der Waals surface area contributed by atoms with Crippen molar-refractivity contribution in [3.63, 3.8) is 0 Å². The molecule has 0 fully saturated rings. The molecule has 2 aromatic heterocycles. The van der Waals surface area contributed by atoms with E-state index in [2.05, 4.69) is 10.00 Å². The van der Waals surface area contributed by atoms with Crippen molar-refractivity contribution in [2.75, 3.05) is 39.2 Å². The van der Waals surface area contributed by atoms with Crippen molar-refractivity contribution in [1.29, 1.82) is 0 Å². The van der Waals surface area contributed by atoms with Crippen molar-refractivity contribution in [3.8, 4) is 5.75 Å². The number of benzene rings is 1. The Hall–Kier alpha value is -2.16. The van der Waals surface area contributed by atoms with Gasteiger partial charge in [-0.15, -0.1) is 0 Å². The lowest BCUT2D eigenvalue weighted by Gasteiger charge is -2.21. The largest absolute Gasteiger partial charge is 0.494 e. The number of carbonyl (C=O) groups excluding carboxylic acids is 1. The molecular weight excluding hydrogens is 398 g/mol. The summed E-state index contributed by atoms with van der Waals surface area (Å²) in [6.45, 7) is 3.29. The minimum absolute atomic E-state index is 0.120. The van der Waals surface area contributed by atoms with Gasteiger partial charge in [-0.1, -0.05) is 22.9 Å². The number of nitrogens with zero attached hydrogens (tertiary/aromatic N) is 5. The summed E-state index contributed by atoms with van der Waals surface area (Å²) in [5.41, 5.74) is 2.06. The van der Waals surface area contributed by atoms with Crippen LogP contribution in [-0.2, 0) is 7.05 Å². The second kappa shape index (κ2) is 8.46. The van der Waals surface area contributed by atoms with Gasteiger partial charge in [0, 0.05) is 13.6 Å². The fourth-order valence-electron chi connectivity index (χ4n) is 3.03. The number of thiazole rings is 1. The molecule has 3 rings (SSSR count). The average molecular weight is 422 g/mol. The molecule has 0 N–H and O–H groups in total. The average Bonchev–Trinajstić information content (AvgIpc) is 3.23. The summed E-state index contributed by atoms with van der Waals surface area (Å²) in [7, 11) is 7.40. The molecule has 7 nitrogen and oxygen atoms in total. The summed E-state index contributed by atoms with van der Waals surface area (Å²) in [6.07, 6.45) is 2.51. The number of halogens is 1. The van der Waals surface area contributed by atoms with Crippen LogP contribution in [0.3, 0.4) is 0 Å². The van der Waals surface area contributed by atoms with E-state index in [1.165, 1.54) is 11.3 Å². The normalized spacial score (nSPS) is 11.4. The van der Waals surface area contributed by atoms with Crippen LogP contribution < -0.4 is 9.64 Å². The monoisotopic (exact) mass is 421 g/mol. The van der Waals surface area contributed by atoms with Crippen LogP contribution in [0.25, 0.3) is 10.2 Å². The molecule has 9 heteroatoms. The zero-order chi connectivity index (χ0) is 20.4. The topological polar surface area (TPSA) is 63.5 Å². The summed E-state index contributed by atoms with van der Waals surface area (Å²) < 4.78 is 7.84. The first-order valence-electron chi connectivity index (χ1n) is 8.91. The third kappa shape index (κ3) is 3.99. The fourth-order valence-corrected chi connectivity index (χ4v) is 4.31. The number of ether oxygens (including phenoxy) is 1. The van der Waals surface area contributed by atoms with Gasteiger partial charge >= 0.3 is 0 Å². The highest BCUT2D eigenvalue weighted by atomic mass is 35.5. The van der Waals surface area contributed by atoms with Gasteiger partial charge in [-0.25, -0.2) is 4.98 Å². The highest BCUT2D eigenvalue weighted by Crippen LogP contribution is 2.39. The molecule has 0 unspecified atom stereocenters. The van der Waals surface area contributed by atoms with Crippen LogP contribution in [0.5, 0.6) is 5.75 Å². The standard InChI is InChI=1S/C19H24ClN5O2S/c1-12-11-21-24(4)16(12)18(26)25(10-6-9-23(2)3)19-22-15-14(27-5)8-7-13(20)17(15)28-19/h7-8,11H,6,9-10H2,1-5H3. The summed E-state index contributed by atoms with van der Waals surface area (Å²) in [6, 6.07) is 3.58. The van der Waals surface area contributed by atoms with E-state index < -0.39 is 0 Å². The molecule has 28 heavy (non-hydrogen) atoms. The van der Waals surface area contributed by atoms with Gasteiger partial charge in [0.25, 0.3) is 5.91 Å². The van der Waals surface area contributed by atoms with Gasteiger partial charge in [0.05, 0.1) is 23.0 Å². The molecule has 0 spiro atoms. The van der Waals surface area contributed by atoms with E-state index in [-0.39, 0.29) is 5.91 Å². The van der Waals surface area contributed by atoms with Gasteiger partial charge in [0.15, 0.2) is 5.13 Å². The third-order valence-electron chi connectivity index (χ3n) is 4.45. The molecule has 0 bridgehead atoms. The molecule has 0 radical (unpaired) electrons. The van der Waals surface area contributed by atoms with Crippen molar-refractivity contribution < 1.29 is 9.53 Å². The first kappa shape index (κ1) is 20.6. The Labute approximate surface area is 173 Å². The Kier molecular flexibility index (Phi) is 6.22. The number of fused-ring (bicyclic) bond motifs is 1. The van der Waals surface area contributed by atoms with E-state index in [0.29, 0.717) is 33.7 Å². The number of rotatable bonds is 7. The second-order valence-electron chi connectivity index (χ2n) is 6.84. The van der Waals surface area contributed by atoms with Gasteiger partial charge in [0.1, 0.15) is 17.0 Å². The molecule has 0 atom stereocenters. The van der Waals surface area contributed by atoms with Crippen LogP contribution in [0.2, 0.25) is 5.02 Å². The Balaban J connectivity index is 2.05. The Morgan fingerprint density at radius 1 is 1.32 bits per heavy atom. The summed E-state index contributed by atoms with van der Waals surface area (Å²) in [4.78, 5) is 21.9. The van der Waals surface area contributed by atoms with Crippen LogP contribution in [0.15, 0.2) is 18.3 Å². The van der Waals surface area contributed by atoms with Crippen LogP contribution in [0, 0.1) is 6.92 Å². The number of amides is 1. The molecule has 0 saturated carbocycles. The Morgan fingerprint density at radius 3 is 2.68 bits per heavy atom. The van der Waals surface area contributed by atoms with E-state index in [1.54, 1.807) is 42.1 Å². The van der Waals surface area contributed by atoms with E-state index in [4.69, 9.17) is 21.3 Å². The number of aryl methyl sites for hydroxylation is 2. The predicted molar refractivity (Wildman–Crippen MR) is 114 cm³/mol. The SMILES string of the molecule is COc1ccc(Cl)c2sc(N(CCCN(C)C)C(=O)c3c(C)cnn3C)nc12. The molecule has 1 aromatic carbocycles. The smallest absolute Gasteiger partial charge is 0.278 e. The maximum Gasteiger partial charge on any atom is 0.278 e. The van der Waals surface area contributed by atoms with Crippen molar-refractivity contribution in [1.82, 2.24) is 19.7 Å². The zero-order valence-electron chi connectivity index (χ0n) is 16.7. The van der Waals surface area contributed by atoms with Crippen molar-refractivity contribution in [2.45, 2.75) is 13.3 Å². The number of hydrogen-bond acceptors (Lipinski definition) is 6. The molecule has 150 valence electrons. The van der Waals surface area contributed by atoms with Gasteiger partial charge in [-0.2, -0.15) is 5.10 Å². The van der Waals surface area contributed by atoms with E-state index >= 15 is 0 Å². The van der Waals surface area contributed by atoms with Gasteiger partial charge in [-0.05, 0) is 51.7 Å². The maximum atomic E-state index is 13.4. The first-order valence-corrected chi connectivity index (χ1v) is 10.1. The van der Waals surface area contributed by atoms with Crippen LogP contribution in [0.4, 0.5) is 5.13 Å². The second-order valence-corrected chi connectivity index (χ2v) is 8.22. The molecule has 3 aromatic rings. The molecule has 0 aliphatic carbocycles. The molecule has 0 aliphatic heterocycles.